The lowest BCUT2D eigenvalue weighted by atomic mass is 10.1. The van der Waals surface area contributed by atoms with Crippen LogP contribution < -0.4 is 10.6 Å². The smallest absolute Gasteiger partial charge is 0.105 e. The fraction of sp³-hybridized carbons (Fsp3) is 0.692. The van der Waals surface area contributed by atoms with Crippen LogP contribution in [0.5, 0.6) is 0 Å². The molecule has 2 rings (SSSR count). The first kappa shape index (κ1) is 11.7. The van der Waals surface area contributed by atoms with Crippen molar-refractivity contribution in [3.05, 3.63) is 24.2 Å². The molecule has 0 bridgehead atoms. The van der Waals surface area contributed by atoms with Crippen LogP contribution in [0.25, 0.3) is 0 Å². The van der Waals surface area contributed by atoms with E-state index in [9.17, 15) is 0 Å². The van der Waals surface area contributed by atoms with Crippen molar-refractivity contribution in [3.63, 3.8) is 0 Å². The molecule has 0 radical (unpaired) electrons. The molecule has 0 spiro atoms. The quantitative estimate of drug-likeness (QED) is 0.772. The third-order valence-electron chi connectivity index (χ3n) is 3.24. The van der Waals surface area contributed by atoms with Gasteiger partial charge in [0, 0.05) is 25.0 Å². The molecule has 1 aromatic rings. The maximum atomic E-state index is 5.30. The topological polar surface area (TPSA) is 37.2 Å². The van der Waals surface area contributed by atoms with Crippen molar-refractivity contribution in [2.75, 3.05) is 13.1 Å². The van der Waals surface area contributed by atoms with Crippen LogP contribution in [-0.4, -0.2) is 25.2 Å². The van der Waals surface area contributed by atoms with Crippen LogP contribution in [-0.2, 0) is 6.42 Å². The van der Waals surface area contributed by atoms with E-state index < -0.39 is 0 Å². The standard InChI is InChI=1S/C13H22N2O/c1-11(10-12-4-2-7-15-12)14-8-6-13-5-3-9-16-13/h3,5,9,11-12,14-15H,2,4,6-8,10H2,1H3. The van der Waals surface area contributed by atoms with Crippen molar-refractivity contribution in [1.29, 1.82) is 0 Å². The predicted molar refractivity (Wildman–Crippen MR) is 65.5 cm³/mol. The Bertz CT molecular complexity index is 278. The van der Waals surface area contributed by atoms with E-state index in [4.69, 9.17) is 4.42 Å². The van der Waals surface area contributed by atoms with Crippen molar-refractivity contribution in [3.8, 4) is 0 Å². The molecule has 0 amide bonds. The van der Waals surface area contributed by atoms with E-state index in [-0.39, 0.29) is 0 Å². The van der Waals surface area contributed by atoms with Gasteiger partial charge in [-0.15, -0.1) is 0 Å². The largest absolute Gasteiger partial charge is 0.469 e. The predicted octanol–water partition coefficient (Wildman–Crippen LogP) is 1.94. The summed E-state index contributed by atoms with van der Waals surface area (Å²) in [5, 5.41) is 7.08. The van der Waals surface area contributed by atoms with E-state index in [0.717, 1.165) is 24.8 Å². The number of furan rings is 1. The van der Waals surface area contributed by atoms with Gasteiger partial charge in [-0.05, 0) is 44.9 Å². The molecule has 2 heterocycles. The third kappa shape index (κ3) is 3.65. The average Bonchev–Trinajstić information content (AvgIpc) is 2.90. The van der Waals surface area contributed by atoms with Crippen molar-refractivity contribution in [2.45, 2.75) is 44.7 Å². The van der Waals surface area contributed by atoms with Gasteiger partial charge in [-0.1, -0.05) is 0 Å². The monoisotopic (exact) mass is 222 g/mol. The van der Waals surface area contributed by atoms with Crippen molar-refractivity contribution < 1.29 is 4.42 Å². The van der Waals surface area contributed by atoms with Crippen molar-refractivity contribution in [2.24, 2.45) is 0 Å². The van der Waals surface area contributed by atoms with Crippen molar-refractivity contribution >= 4 is 0 Å². The van der Waals surface area contributed by atoms with Crippen LogP contribution in [0, 0.1) is 0 Å². The molecule has 0 aromatic carbocycles. The molecule has 90 valence electrons. The lowest BCUT2D eigenvalue weighted by molar-refractivity contribution is 0.430. The zero-order valence-corrected chi connectivity index (χ0v) is 10.0. The Morgan fingerprint density at radius 2 is 2.56 bits per heavy atom. The molecule has 16 heavy (non-hydrogen) atoms. The molecule has 3 nitrogen and oxygen atoms in total. The Morgan fingerprint density at radius 1 is 1.62 bits per heavy atom. The van der Waals surface area contributed by atoms with E-state index in [1.807, 2.05) is 12.1 Å². The summed E-state index contributed by atoms with van der Waals surface area (Å²) in [6.45, 7) is 4.47. The van der Waals surface area contributed by atoms with Crippen LogP contribution in [0.15, 0.2) is 22.8 Å². The second-order valence-corrected chi connectivity index (χ2v) is 4.71. The molecular weight excluding hydrogens is 200 g/mol. The van der Waals surface area contributed by atoms with Crippen LogP contribution in [0.4, 0.5) is 0 Å². The maximum absolute atomic E-state index is 5.30. The molecule has 0 aliphatic carbocycles. The number of hydrogen-bond acceptors (Lipinski definition) is 3. The first-order chi connectivity index (χ1) is 7.84. The normalized spacial score (nSPS) is 22.4. The number of rotatable bonds is 6. The zero-order valence-electron chi connectivity index (χ0n) is 10.0. The van der Waals surface area contributed by atoms with Gasteiger partial charge >= 0.3 is 0 Å². The lowest BCUT2D eigenvalue weighted by Gasteiger charge is -2.17. The van der Waals surface area contributed by atoms with Gasteiger partial charge in [-0.3, -0.25) is 0 Å². The first-order valence-corrected chi connectivity index (χ1v) is 6.34. The van der Waals surface area contributed by atoms with Gasteiger partial charge in [0.15, 0.2) is 0 Å². The van der Waals surface area contributed by atoms with Crippen LogP contribution in [0.1, 0.15) is 31.9 Å². The molecule has 2 atom stereocenters. The average molecular weight is 222 g/mol. The minimum atomic E-state index is 0.588. The summed E-state index contributed by atoms with van der Waals surface area (Å²) in [5.41, 5.74) is 0. The summed E-state index contributed by atoms with van der Waals surface area (Å²) in [6, 6.07) is 5.29. The van der Waals surface area contributed by atoms with E-state index >= 15 is 0 Å². The molecule has 1 aliphatic heterocycles. The Balaban J connectivity index is 1.58. The molecule has 3 heteroatoms. The van der Waals surface area contributed by atoms with Gasteiger partial charge in [0.2, 0.25) is 0 Å². The Kier molecular flexibility index (Phi) is 4.43. The lowest BCUT2D eigenvalue weighted by Crippen LogP contribution is -2.34. The van der Waals surface area contributed by atoms with E-state index in [2.05, 4.69) is 17.6 Å². The molecule has 1 fully saturated rings. The molecule has 1 aromatic heterocycles. The van der Waals surface area contributed by atoms with Gasteiger partial charge < -0.3 is 15.1 Å². The molecule has 1 saturated heterocycles. The van der Waals surface area contributed by atoms with Gasteiger partial charge in [0.05, 0.1) is 6.26 Å². The third-order valence-corrected chi connectivity index (χ3v) is 3.24. The summed E-state index contributed by atoms with van der Waals surface area (Å²) < 4.78 is 5.30. The molecular formula is C13H22N2O. The van der Waals surface area contributed by atoms with E-state index in [0.29, 0.717) is 6.04 Å². The fourth-order valence-electron chi connectivity index (χ4n) is 2.36. The second kappa shape index (κ2) is 6.06. The highest BCUT2D eigenvalue weighted by Crippen LogP contribution is 2.10. The summed E-state index contributed by atoms with van der Waals surface area (Å²) in [6.07, 6.45) is 6.63. The molecule has 2 unspecified atom stereocenters. The maximum Gasteiger partial charge on any atom is 0.105 e. The summed E-state index contributed by atoms with van der Waals surface area (Å²) in [7, 11) is 0. The summed E-state index contributed by atoms with van der Waals surface area (Å²) in [5.74, 6) is 1.07. The van der Waals surface area contributed by atoms with Gasteiger partial charge in [0.1, 0.15) is 5.76 Å². The fourth-order valence-corrected chi connectivity index (χ4v) is 2.36. The van der Waals surface area contributed by atoms with E-state index in [1.54, 1.807) is 6.26 Å². The van der Waals surface area contributed by atoms with Crippen LogP contribution in [0.2, 0.25) is 0 Å². The van der Waals surface area contributed by atoms with Gasteiger partial charge in [-0.25, -0.2) is 0 Å². The van der Waals surface area contributed by atoms with E-state index in [1.165, 1.54) is 25.8 Å². The minimum Gasteiger partial charge on any atom is -0.469 e. The number of hydrogen-bond donors (Lipinski definition) is 2. The highest BCUT2D eigenvalue weighted by Gasteiger charge is 2.16. The summed E-state index contributed by atoms with van der Waals surface area (Å²) in [4.78, 5) is 0. The Labute approximate surface area is 97.6 Å². The highest BCUT2D eigenvalue weighted by atomic mass is 16.3. The summed E-state index contributed by atoms with van der Waals surface area (Å²) >= 11 is 0. The second-order valence-electron chi connectivity index (χ2n) is 4.71. The minimum absolute atomic E-state index is 0.588. The number of nitrogens with one attached hydrogen (secondary N) is 2. The highest BCUT2D eigenvalue weighted by molar-refractivity contribution is 4.98. The SMILES string of the molecule is CC(CC1CCCN1)NCCc1ccco1. The first-order valence-electron chi connectivity index (χ1n) is 6.34. The molecule has 2 N–H and O–H groups in total. The Hall–Kier alpha value is -0.800. The molecule has 1 aliphatic rings. The van der Waals surface area contributed by atoms with Crippen molar-refractivity contribution in [1.82, 2.24) is 10.6 Å². The van der Waals surface area contributed by atoms with Gasteiger partial charge in [-0.2, -0.15) is 0 Å². The zero-order chi connectivity index (χ0) is 11.2. The molecule has 0 saturated carbocycles. The Morgan fingerprint density at radius 3 is 3.25 bits per heavy atom. The van der Waals surface area contributed by atoms with Gasteiger partial charge in [0.25, 0.3) is 0 Å². The van der Waals surface area contributed by atoms with Crippen LogP contribution in [0.3, 0.4) is 0 Å². The van der Waals surface area contributed by atoms with Crippen LogP contribution >= 0.6 is 0 Å².